The molecule has 1 aromatic heterocycles. The van der Waals surface area contributed by atoms with Crippen LogP contribution >= 0.6 is 0 Å². The molecule has 0 aliphatic rings. The van der Waals surface area contributed by atoms with Gasteiger partial charge in [0.1, 0.15) is 23.9 Å². The average Bonchev–Trinajstić information content (AvgIpc) is 2.96. The first-order valence-corrected chi connectivity index (χ1v) is 7.81. The van der Waals surface area contributed by atoms with Gasteiger partial charge in [-0.1, -0.05) is 12.1 Å². The van der Waals surface area contributed by atoms with Gasteiger partial charge in [-0.3, -0.25) is 0 Å². The van der Waals surface area contributed by atoms with E-state index in [4.69, 9.17) is 15.2 Å². The van der Waals surface area contributed by atoms with Gasteiger partial charge in [0, 0.05) is 13.1 Å². The first-order chi connectivity index (χ1) is 12.1. The normalized spacial score (nSPS) is 11.6. The van der Waals surface area contributed by atoms with E-state index in [9.17, 15) is 0 Å². The lowest BCUT2D eigenvalue weighted by atomic mass is 10.2. The second-order valence-electron chi connectivity index (χ2n) is 5.47. The zero-order chi connectivity index (χ0) is 17.8. The van der Waals surface area contributed by atoms with Crippen molar-refractivity contribution in [3.8, 4) is 11.5 Å². The van der Waals surface area contributed by atoms with Crippen molar-refractivity contribution in [3.63, 3.8) is 0 Å². The van der Waals surface area contributed by atoms with Gasteiger partial charge in [0.05, 0.1) is 30.9 Å². The SMILES string of the molecule is COc1ccc(OC)c(NC(N)=NCc2nc3ccccc3n2C)c1. The summed E-state index contributed by atoms with van der Waals surface area (Å²) in [6, 6.07) is 13.4. The van der Waals surface area contributed by atoms with Crippen LogP contribution in [0.2, 0.25) is 0 Å². The first-order valence-electron chi connectivity index (χ1n) is 7.81. The van der Waals surface area contributed by atoms with Crippen molar-refractivity contribution in [3.05, 3.63) is 48.3 Å². The fourth-order valence-corrected chi connectivity index (χ4v) is 2.58. The third-order valence-corrected chi connectivity index (χ3v) is 3.94. The maximum atomic E-state index is 6.02. The van der Waals surface area contributed by atoms with Crippen LogP contribution in [0.15, 0.2) is 47.5 Å². The van der Waals surface area contributed by atoms with Crippen LogP contribution in [0.4, 0.5) is 5.69 Å². The standard InChI is InChI=1S/C18H21N5O2/c1-23-15-7-5-4-6-13(15)21-17(23)11-20-18(19)22-14-10-12(24-2)8-9-16(14)25-3/h4-10H,11H2,1-3H3,(H3,19,20,22). The molecule has 0 fully saturated rings. The summed E-state index contributed by atoms with van der Waals surface area (Å²) in [6.45, 7) is 0.371. The van der Waals surface area contributed by atoms with Gasteiger partial charge in [0.15, 0.2) is 5.96 Å². The molecule has 7 nitrogen and oxygen atoms in total. The Bertz CT molecular complexity index is 917. The topological polar surface area (TPSA) is 86.7 Å². The van der Waals surface area contributed by atoms with Gasteiger partial charge < -0.3 is 25.1 Å². The van der Waals surface area contributed by atoms with Crippen LogP contribution in [-0.2, 0) is 13.6 Å². The van der Waals surface area contributed by atoms with E-state index in [2.05, 4.69) is 15.3 Å². The maximum absolute atomic E-state index is 6.02. The number of nitrogens with two attached hydrogens (primary N) is 1. The molecular weight excluding hydrogens is 318 g/mol. The van der Waals surface area contributed by atoms with Crippen LogP contribution in [0.1, 0.15) is 5.82 Å². The predicted octanol–water partition coefficient (Wildman–Crippen LogP) is 2.52. The molecule has 1 heterocycles. The Labute approximate surface area is 146 Å². The average molecular weight is 339 g/mol. The highest BCUT2D eigenvalue weighted by Gasteiger charge is 2.08. The highest BCUT2D eigenvalue weighted by molar-refractivity contribution is 5.94. The summed E-state index contributed by atoms with van der Waals surface area (Å²) in [5, 5.41) is 3.05. The number of nitrogens with zero attached hydrogens (tertiary/aromatic N) is 3. The number of ether oxygens (including phenoxy) is 2. The molecule has 0 saturated heterocycles. The lowest BCUT2D eigenvalue weighted by Crippen LogP contribution is -2.23. The van der Waals surface area contributed by atoms with E-state index in [0.29, 0.717) is 23.7 Å². The first kappa shape index (κ1) is 16.6. The number of aliphatic imine (C=N–C) groups is 1. The molecule has 0 bridgehead atoms. The van der Waals surface area contributed by atoms with Crippen molar-refractivity contribution in [2.45, 2.75) is 6.54 Å². The highest BCUT2D eigenvalue weighted by atomic mass is 16.5. The van der Waals surface area contributed by atoms with E-state index in [-0.39, 0.29) is 5.96 Å². The molecule has 7 heteroatoms. The summed E-state index contributed by atoms with van der Waals surface area (Å²) in [7, 11) is 5.17. The Morgan fingerprint density at radius 1 is 1.20 bits per heavy atom. The van der Waals surface area contributed by atoms with Crippen molar-refractivity contribution in [1.29, 1.82) is 0 Å². The van der Waals surface area contributed by atoms with Gasteiger partial charge in [-0.25, -0.2) is 9.98 Å². The number of guanidine groups is 1. The molecule has 0 saturated carbocycles. The lowest BCUT2D eigenvalue weighted by Gasteiger charge is -2.12. The summed E-state index contributed by atoms with van der Waals surface area (Å²) in [4.78, 5) is 8.96. The molecule has 2 aromatic carbocycles. The molecule has 0 radical (unpaired) electrons. The van der Waals surface area contributed by atoms with Crippen molar-refractivity contribution < 1.29 is 9.47 Å². The second-order valence-corrected chi connectivity index (χ2v) is 5.47. The molecule has 130 valence electrons. The van der Waals surface area contributed by atoms with E-state index in [0.717, 1.165) is 16.9 Å². The van der Waals surface area contributed by atoms with Gasteiger partial charge in [0.2, 0.25) is 0 Å². The molecule has 0 unspecified atom stereocenters. The number of aromatic nitrogens is 2. The van der Waals surface area contributed by atoms with E-state index in [1.165, 1.54) is 0 Å². The molecule has 0 aliphatic heterocycles. The van der Waals surface area contributed by atoms with E-state index in [1.807, 2.05) is 41.9 Å². The van der Waals surface area contributed by atoms with Crippen molar-refractivity contribution in [2.75, 3.05) is 19.5 Å². The second kappa shape index (κ2) is 7.12. The minimum absolute atomic E-state index is 0.276. The van der Waals surface area contributed by atoms with Crippen molar-refractivity contribution >= 4 is 22.7 Å². The highest BCUT2D eigenvalue weighted by Crippen LogP contribution is 2.28. The van der Waals surface area contributed by atoms with Crippen LogP contribution in [0.25, 0.3) is 11.0 Å². The molecule has 3 N–H and O–H groups in total. The Balaban J connectivity index is 1.79. The number of fused-ring (bicyclic) bond motifs is 1. The minimum Gasteiger partial charge on any atom is -0.497 e. The summed E-state index contributed by atoms with van der Waals surface area (Å²) in [5.41, 5.74) is 8.71. The van der Waals surface area contributed by atoms with Crippen LogP contribution in [0, 0.1) is 0 Å². The fourth-order valence-electron chi connectivity index (χ4n) is 2.58. The van der Waals surface area contributed by atoms with Crippen molar-refractivity contribution in [1.82, 2.24) is 9.55 Å². The number of hydrogen-bond acceptors (Lipinski definition) is 4. The third-order valence-electron chi connectivity index (χ3n) is 3.94. The largest absolute Gasteiger partial charge is 0.497 e. The summed E-state index contributed by atoms with van der Waals surface area (Å²) in [5.74, 6) is 2.47. The number of imidazole rings is 1. The number of para-hydroxylation sites is 2. The van der Waals surface area contributed by atoms with Crippen LogP contribution in [0.3, 0.4) is 0 Å². The Morgan fingerprint density at radius 2 is 2.00 bits per heavy atom. The predicted molar refractivity (Wildman–Crippen MR) is 99.2 cm³/mol. The maximum Gasteiger partial charge on any atom is 0.193 e. The van der Waals surface area contributed by atoms with Gasteiger partial charge in [-0.15, -0.1) is 0 Å². The summed E-state index contributed by atoms with van der Waals surface area (Å²) in [6.07, 6.45) is 0. The Kier molecular flexibility index (Phi) is 4.74. The van der Waals surface area contributed by atoms with Gasteiger partial charge >= 0.3 is 0 Å². The molecule has 3 rings (SSSR count). The van der Waals surface area contributed by atoms with Gasteiger partial charge in [-0.05, 0) is 24.3 Å². The molecular formula is C18H21N5O2. The Hall–Kier alpha value is -3.22. The Morgan fingerprint density at radius 3 is 2.72 bits per heavy atom. The number of rotatable bonds is 5. The van der Waals surface area contributed by atoms with E-state index >= 15 is 0 Å². The number of methoxy groups -OCH3 is 2. The summed E-state index contributed by atoms with van der Waals surface area (Å²) < 4.78 is 12.6. The quantitative estimate of drug-likeness (QED) is 0.551. The molecule has 0 aliphatic carbocycles. The van der Waals surface area contributed by atoms with E-state index < -0.39 is 0 Å². The molecule has 0 atom stereocenters. The number of aryl methyl sites for hydroxylation is 1. The number of benzene rings is 2. The number of hydrogen-bond donors (Lipinski definition) is 2. The number of anilines is 1. The lowest BCUT2D eigenvalue weighted by molar-refractivity contribution is 0.405. The van der Waals surface area contributed by atoms with Crippen LogP contribution < -0.4 is 20.5 Å². The van der Waals surface area contributed by atoms with Crippen LogP contribution in [0.5, 0.6) is 11.5 Å². The number of nitrogens with one attached hydrogen (secondary N) is 1. The minimum atomic E-state index is 0.276. The zero-order valence-corrected chi connectivity index (χ0v) is 14.5. The fraction of sp³-hybridized carbons (Fsp3) is 0.222. The molecule has 25 heavy (non-hydrogen) atoms. The van der Waals surface area contributed by atoms with Crippen LogP contribution in [-0.4, -0.2) is 29.7 Å². The third kappa shape index (κ3) is 3.50. The van der Waals surface area contributed by atoms with E-state index in [1.54, 1.807) is 26.4 Å². The smallest absolute Gasteiger partial charge is 0.193 e. The summed E-state index contributed by atoms with van der Waals surface area (Å²) >= 11 is 0. The zero-order valence-electron chi connectivity index (χ0n) is 14.5. The van der Waals surface area contributed by atoms with Gasteiger partial charge in [0.25, 0.3) is 0 Å². The monoisotopic (exact) mass is 339 g/mol. The molecule has 0 spiro atoms. The molecule has 0 amide bonds. The van der Waals surface area contributed by atoms with Crippen molar-refractivity contribution in [2.24, 2.45) is 17.8 Å². The molecule has 3 aromatic rings. The van der Waals surface area contributed by atoms with Gasteiger partial charge in [-0.2, -0.15) is 0 Å².